The molecule has 0 aliphatic heterocycles. The third-order valence-corrected chi connectivity index (χ3v) is 3.49. The summed E-state index contributed by atoms with van der Waals surface area (Å²) in [4.78, 5) is 35.6. The van der Waals surface area contributed by atoms with Crippen LogP contribution in [-0.2, 0) is 11.3 Å². The molecule has 24 heavy (non-hydrogen) atoms. The second-order valence-corrected chi connectivity index (χ2v) is 5.20. The summed E-state index contributed by atoms with van der Waals surface area (Å²) < 4.78 is 4.96. The zero-order chi connectivity index (χ0) is 18.3. The fourth-order valence-electron chi connectivity index (χ4n) is 2.02. The van der Waals surface area contributed by atoms with Crippen molar-refractivity contribution in [2.24, 2.45) is 0 Å². The van der Waals surface area contributed by atoms with Crippen LogP contribution in [0.5, 0.6) is 5.75 Å². The lowest BCUT2D eigenvalue weighted by molar-refractivity contribution is -0.385. The largest absolute Gasteiger partial charge is 0.490 e. The van der Waals surface area contributed by atoms with Gasteiger partial charge in [-0.05, 0) is 32.5 Å². The summed E-state index contributed by atoms with van der Waals surface area (Å²) in [6.07, 6.45) is 0. The molecule has 9 heteroatoms. The van der Waals surface area contributed by atoms with E-state index >= 15 is 0 Å². The van der Waals surface area contributed by atoms with Gasteiger partial charge in [0.1, 0.15) is 0 Å². The van der Waals surface area contributed by atoms with Crippen LogP contribution in [0, 0.1) is 10.1 Å². The van der Waals surface area contributed by atoms with E-state index in [1.807, 2.05) is 0 Å². The van der Waals surface area contributed by atoms with Crippen LogP contribution in [0.2, 0.25) is 0 Å². The molecule has 0 unspecified atom stereocenters. The van der Waals surface area contributed by atoms with Gasteiger partial charge < -0.3 is 10.1 Å². The summed E-state index contributed by atoms with van der Waals surface area (Å²) in [6.45, 7) is 4.11. The number of nitrogens with one attached hydrogen (secondary N) is 2. The average Bonchev–Trinajstić information content (AvgIpc) is 2.53. The minimum Gasteiger partial charge on any atom is -0.490 e. The molecule has 0 aliphatic carbocycles. The first-order valence-corrected chi connectivity index (χ1v) is 7.40. The van der Waals surface area contributed by atoms with Crippen molar-refractivity contribution < 1.29 is 19.2 Å². The van der Waals surface area contributed by atoms with Gasteiger partial charge in [0.05, 0.1) is 18.1 Å². The smallest absolute Gasteiger partial charge is 0.321 e. The van der Waals surface area contributed by atoms with Crippen LogP contribution in [0.25, 0.3) is 0 Å². The van der Waals surface area contributed by atoms with Crippen LogP contribution in [0.1, 0.15) is 19.4 Å². The highest BCUT2D eigenvalue weighted by atomic mass is 16.6. The zero-order valence-electron chi connectivity index (χ0n) is 14.2. The maximum atomic E-state index is 12.0. The molecule has 1 rings (SSSR count). The number of nitro groups is 1. The minimum atomic E-state index is -0.589. The first kappa shape index (κ1) is 19.4. The van der Waals surface area contributed by atoms with Crippen LogP contribution in [0.15, 0.2) is 18.2 Å². The second-order valence-electron chi connectivity index (χ2n) is 5.20. The number of imide groups is 1. The lowest BCUT2D eigenvalue weighted by Crippen LogP contribution is -2.48. The van der Waals surface area contributed by atoms with E-state index in [0.29, 0.717) is 18.7 Å². The molecule has 2 N–H and O–H groups in total. The highest BCUT2D eigenvalue weighted by Gasteiger charge is 2.21. The van der Waals surface area contributed by atoms with Crippen molar-refractivity contribution in [3.05, 3.63) is 33.9 Å². The van der Waals surface area contributed by atoms with E-state index in [2.05, 4.69) is 10.6 Å². The summed E-state index contributed by atoms with van der Waals surface area (Å²) in [5.74, 6) is -0.278. The molecule has 0 fully saturated rings. The number of rotatable bonds is 7. The van der Waals surface area contributed by atoms with E-state index in [-0.39, 0.29) is 11.4 Å². The van der Waals surface area contributed by atoms with Gasteiger partial charge in [-0.25, -0.2) is 4.79 Å². The number of carbonyl (C=O) groups excluding carboxylic acids is 2. The lowest BCUT2D eigenvalue weighted by atomic mass is 10.1. The number of nitrogens with zero attached hydrogens (tertiary/aromatic N) is 2. The molecule has 1 aromatic rings. The van der Waals surface area contributed by atoms with Gasteiger partial charge in [-0.3, -0.25) is 25.1 Å². The van der Waals surface area contributed by atoms with Crippen molar-refractivity contribution in [3.8, 4) is 5.75 Å². The average molecular weight is 338 g/mol. The van der Waals surface area contributed by atoms with Gasteiger partial charge in [-0.2, -0.15) is 0 Å². The van der Waals surface area contributed by atoms with Crippen LogP contribution in [0.3, 0.4) is 0 Å². The van der Waals surface area contributed by atoms with E-state index in [0.717, 1.165) is 0 Å². The van der Waals surface area contributed by atoms with Crippen molar-refractivity contribution in [2.45, 2.75) is 26.4 Å². The van der Waals surface area contributed by atoms with Gasteiger partial charge in [0.25, 0.3) is 0 Å². The monoisotopic (exact) mass is 338 g/mol. The fraction of sp³-hybridized carbons (Fsp3) is 0.467. The molecular weight excluding hydrogens is 316 g/mol. The second kappa shape index (κ2) is 8.82. The van der Waals surface area contributed by atoms with Gasteiger partial charge in [0.15, 0.2) is 5.75 Å². The van der Waals surface area contributed by atoms with Gasteiger partial charge in [0, 0.05) is 19.2 Å². The Bertz CT molecular complexity index is 620. The van der Waals surface area contributed by atoms with Crippen LogP contribution < -0.4 is 15.4 Å². The van der Waals surface area contributed by atoms with Crippen molar-refractivity contribution >= 4 is 17.6 Å². The molecule has 0 heterocycles. The Labute approximate surface area is 140 Å². The number of hydrogen-bond donors (Lipinski definition) is 2. The summed E-state index contributed by atoms with van der Waals surface area (Å²) >= 11 is 0. The van der Waals surface area contributed by atoms with Crippen molar-refractivity contribution in [3.63, 3.8) is 0 Å². The fourth-order valence-corrected chi connectivity index (χ4v) is 2.02. The molecule has 0 radical (unpaired) electrons. The standard InChI is InChI=1S/C15H22N4O5/c1-5-16-15(21)17-14(20)10(2)18(3)9-11-6-7-13(24-4)12(8-11)19(22)23/h6-8,10H,5,9H2,1-4H3,(H2,16,17,20,21)/t10-/m1/s1. The molecule has 0 saturated carbocycles. The van der Waals surface area contributed by atoms with Gasteiger partial charge in [-0.15, -0.1) is 0 Å². The summed E-state index contributed by atoms with van der Waals surface area (Å²) in [5, 5.41) is 15.8. The van der Waals surface area contributed by atoms with Crippen molar-refractivity contribution in [2.75, 3.05) is 20.7 Å². The number of methoxy groups -OCH3 is 1. The molecule has 3 amide bonds. The van der Waals surface area contributed by atoms with Crippen LogP contribution in [-0.4, -0.2) is 48.5 Å². The number of hydrogen-bond acceptors (Lipinski definition) is 6. The number of nitro benzene ring substituents is 1. The van der Waals surface area contributed by atoms with E-state index in [4.69, 9.17) is 4.74 Å². The molecule has 0 bridgehead atoms. The zero-order valence-corrected chi connectivity index (χ0v) is 14.2. The maximum Gasteiger partial charge on any atom is 0.321 e. The Balaban J connectivity index is 2.78. The Hall–Kier alpha value is -2.68. The van der Waals surface area contributed by atoms with Crippen LogP contribution in [0.4, 0.5) is 10.5 Å². The Kier molecular flexibility index (Phi) is 7.12. The molecule has 9 nitrogen and oxygen atoms in total. The maximum absolute atomic E-state index is 12.0. The third-order valence-electron chi connectivity index (χ3n) is 3.49. The molecule has 0 aromatic heterocycles. The van der Waals surface area contributed by atoms with E-state index in [1.165, 1.54) is 19.2 Å². The Morgan fingerprint density at radius 2 is 2.08 bits per heavy atom. The number of likely N-dealkylation sites (N-methyl/N-ethyl adjacent to an activating group) is 1. The first-order valence-electron chi connectivity index (χ1n) is 7.40. The van der Waals surface area contributed by atoms with Crippen LogP contribution >= 0.6 is 0 Å². The number of benzene rings is 1. The quantitative estimate of drug-likeness (QED) is 0.572. The topological polar surface area (TPSA) is 114 Å². The summed E-state index contributed by atoms with van der Waals surface area (Å²) in [5.41, 5.74) is 0.519. The van der Waals surface area contributed by atoms with E-state index in [1.54, 1.807) is 31.9 Å². The molecule has 0 spiro atoms. The van der Waals surface area contributed by atoms with Gasteiger partial charge in [-0.1, -0.05) is 6.07 Å². The summed E-state index contributed by atoms with van der Waals surface area (Å²) in [6, 6.07) is 3.47. The molecule has 0 aliphatic rings. The molecule has 1 atom stereocenters. The Morgan fingerprint density at radius 1 is 1.42 bits per heavy atom. The predicted molar refractivity (Wildman–Crippen MR) is 87.8 cm³/mol. The van der Waals surface area contributed by atoms with Gasteiger partial charge >= 0.3 is 11.7 Å². The first-order chi connectivity index (χ1) is 11.3. The van der Waals surface area contributed by atoms with Crippen molar-refractivity contribution in [1.29, 1.82) is 0 Å². The Morgan fingerprint density at radius 3 is 2.62 bits per heavy atom. The number of ether oxygens (including phenoxy) is 1. The SMILES string of the molecule is CCNC(=O)NC(=O)[C@@H](C)N(C)Cc1ccc(OC)c([N+](=O)[O-])c1. The normalized spacial score (nSPS) is 11.7. The van der Waals surface area contributed by atoms with Crippen molar-refractivity contribution in [1.82, 2.24) is 15.5 Å². The highest BCUT2D eigenvalue weighted by Crippen LogP contribution is 2.28. The number of carbonyl (C=O) groups is 2. The van der Waals surface area contributed by atoms with E-state index in [9.17, 15) is 19.7 Å². The molecule has 1 aromatic carbocycles. The molecule has 0 saturated heterocycles. The minimum absolute atomic E-state index is 0.136. The summed E-state index contributed by atoms with van der Waals surface area (Å²) in [7, 11) is 3.06. The highest BCUT2D eigenvalue weighted by molar-refractivity contribution is 5.96. The molecule has 132 valence electrons. The number of amides is 3. The predicted octanol–water partition coefficient (Wildman–Crippen LogP) is 1.27. The third kappa shape index (κ3) is 5.20. The van der Waals surface area contributed by atoms with Gasteiger partial charge in [0.2, 0.25) is 5.91 Å². The lowest BCUT2D eigenvalue weighted by Gasteiger charge is -2.23. The van der Waals surface area contributed by atoms with E-state index < -0.39 is 22.9 Å². The number of urea groups is 1. The molecular formula is C15H22N4O5.